The lowest BCUT2D eigenvalue weighted by atomic mass is 10.1. The summed E-state index contributed by atoms with van der Waals surface area (Å²) in [5, 5.41) is 21.5. The van der Waals surface area contributed by atoms with E-state index in [0.29, 0.717) is 41.1 Å². The third kappa shape index (κ3) is 9.52. The van der Waals surface area contributed by atoms with Gasteiger partial charge in [0.15, 0.2) is 17.0 Å². The maximum Gasteiger partial charge on any atom is 0.328 e. The molecule has 2 heterocycles. The van der Waals surface area contributed by atoms with Crippen LogP contribution < -0.4 is 33.0 Å². The number of fused-ring (bicyclic) bond motifs is 1. The van der Waals surface area contributed by atoms with Crippen molar-refractivity contribution in [2.24, 2.45) is 11.8 Å². The van der Waals surface area contributed by atoms with Crippen molar-refractivity contribution >= 4 is 46.5 Å². The molecule has 248 valence electrons. The number of amides is 1. The third-order valence-corrected chi connectivity index (χ3v) is 7.01. The first-order valence-electron chi connectivity index (χ1n) is 14.8. The molecule has 4 rings (SSSR count). The van der Waals surface area contributed by atoms with Crippen LogP contribution in [-0.4, -0.2) is 60.6 Å². The van der Waals surface area contributed by atoms with Crippen molar-refractivity contribution in [2.45, 2.75) is 52.1 Å². The smallest absolute Gasteiger partial charge is 0.328 e. The van der Waals surface area contributed by atoms with Gasteiger partial charge in [0.2, 0.25) is 5.95 Å². The summed E-state index contributed by atoms with van der Waals surface area (Å²) in [5.41, 5.74) is 17.3. The molecule has 1 amide bonds. The van der Waals surface area contributed by atoms with Crippen molar-refractivity contribution < 1.29 is 29.3 Å². The lowest BCUT2D eigenvalue weighted by Crippen LogP contribution is -2.42. The number of carboxylic acid groups (broad SMARTS) is 1. The second-order valence-electron chi connectivity index (χ2n) is 11.2. The number of aliphatic hydroxyl groups is 1. The van der Waals surface area contributed by atoms with Crippen LogP contribution in [0.4, 0.5) is 17.5 Å². The second kappa shape index (κ2) is 15.7. The molecule has 0 spiro atoms. The Hall–Kier alpha value is -5.45. The molecule has 2 unspecified atom stereocenters. The predicted octanol–water partition coefficient (Wildman–Crippen LogP) is 1.41. The molecule has 2 aromatic heterocycles. The highest BCUT2D eigenvalue weighted by atomic mass is 16.5. The average Bonchev–Trinajstić information content (AvgIpc) is 3.05. The average molecular weight is 647 g/mol. The SMILES string of the molecule is CC(C)CN(Cc1cnc2nc(N)nc(N)c2n1)c1ccc(C(=O)NC(CCC(=O)O)C(=O)OCc2ccc(C(O)NN)cc2)cc1. The van der Waals surface area contributed by atoms with E-state index in [2.05, 4.69) is 49.4 Å². The number of nitrogens with one attached hydrogen (secondary N) is 2. The molecule has 0 radical (unpaired) electrons. The number of nitrogens with two attached hydrogens (primary N) is 3. The molecule has 0 aliphatic carbocycles. The number of carboxylic acids is 1. The van der Waals surface area contributed by atoms with Gasteiger partial charge < -0.3 is 36.6 Å². The number of carbonyl (C=O) groups excluding carboxylic acids is 2. The molecule has 16 nitrogen and oxygen atoms in total. The monoisotopic (exact) mass is 646 g/mol. The lowest BCUT2D eigenvalue weighted by Gasteiger charge is -2.26. The standard InChI is InChI=1S/C31H38N10O6/c1-17(2)14-41(15-21-13-35-27-25(36-21)26(32)38-31(33)39-27)22-9-7-19(8-10-22)28(44)37-23(11-12-24(42)43)30(46)47-16-18-3-5-20(6-4-18)29(45)40-34/h3-10,13,17,23,29,40,45H,11-12,14-16,34H2,1-2H3,(H,37,44)(H,42,43)(H4,32,33,35,38,39). The van der Waals surface area contributed by atoms with Gasteiger partial charge in [-0.3, -0.25) is 15.4 Å². The number of benzene rings is 2. The molecular weight excluding hydrogens is 608 g/mol. The molecule has 4 aromatic rings. The highest BCUT2D eigenvalue weighted by Crippen LogP contribution is 2.21. The van der Waals surface area contributed by atoms with E-state index in [1.807, 2.05) is 0 Å². The summed E-state index contributed by atoms with van der Waals surface area (Å²) < 4.78 is 5.38. The van der Waals surface area contributed by atoms with E-state index in [1.165, 1.54) is 0 Å². The normalized spacial score (nSPS) is 12.4. The van der Waals surface area contributed by atoms with Gasteiger partial charge in [-0.1, -0.05) is 38.1 Å². The summed E-state index contributed by atoms with van der Waals surface area (Å²) in [6.07, 6.45) is 0.0236. The van der Waals surface area contributed by atoms with E-state index in [9.17, 15) is 24.6 Å². The fourth-order valence-electron chi connectivity index (χ4n) is 4.69. The molecule has 47 heavy (non-hydrogen) atoms. The summed E-state index contributed by atoms with van der Waals surface area (Å²) in [6.45, 7) is 5.07. The topological polar surface area (TPSA) is 258 Å². The second-order valence-corrected chi connectivity index (χ2v) is 11.2. The number of hydrogen-bond donors (Lipinski definition) is 7. The van der Waals surface area contributed by atoms with Gasteiger partial charge in [-0.15, -0.1) is 0 Å². The number of aliphatic carboxylic acids is 1. The van der Waals surface area contributed by atoms with Crippen molar-refractivity contribution in [1.82, 2.24) is 30.7 Å². The Kier molecular flexibility index (Phi) is 11.5. The number of esters is 1. The highest BCUT2D eigenvalue weighted by Gasteiger charge is 2.24. The number of hydrazine groups is 1. The zero-order valence-corrected chi connectivity index (χ0v) is 26.0. The summed E-state index contributed by atoms with van der Waals surface area (Å²) >= 11 is 0. The summed E-state index contributed by atoms with van der Waals surface area (Å²) in [6, 6.07) is 12.1. The van der Waals surface area contributed by atoms with Gasteiger partial charge in [0.25, 0.3) is 5.91 Å². The summed E-state index contributed by atoms with van der Waals surface area (Å²) in [5.74, 6) is 3.19. The quantitative estimate of drug-likeness (QED) is 0.0417. The fourth-order valence-corrected chi connectivity index (χ4v) is 4.69. The molecule has 10 N–H and O–H groups in total. The first-order chi connectivity index (χ1) is 22.4. The van der Waals surface area contributed by atoms with Crippen LogP contribution in [0.15, 0.2) is 54.7 Å². The van der Waals surface area contributed by atoms with Gasteiger partial charge in [0.1, 0.15) is 18.9 Å². The van der Waals surface area contributed by atoms with Gasteiger partial charge in [0, 0.05) is 24.2 Å². The number of aliphatic hydroxyl groups excluding tert-OH is 1. The summed E-state index contributed by atoms with van der Waals surface area (Å²) in [4.78, 5) is 56.4. The first kappa shape index (κ1) is 34.4. The Bertz CT molecular complexity index is 1700. The number of carbonyl (C=O) groups is 3. The Morgan fingerprint density at radius 1 is 1.00 bits per heavy atom. The van der Waals surface area contributed by atoms with Crippen LogP contribution >= 0.6 is 0 Å². The molecule has 0 saturated carbocycles. The van der Waals surface area contributed by atoms with E-state index in [-0.39, 0.29) is 42.7 Å². The minimum Gasteiger partial charge on any atom is -0.481 e. The van der Waals surface area contributed by atoms with Crippen LogP contribution in [0, 0.1) is 5.92 Å². The van der Waals surface area contributed by atoms with E-state index >= 15 is 0 Å². The predicted molar refractivity (Wildman–Crippen MR) is 173 cm³/mol. The van der Waals surface area contributed by atoms with Gasteiger partial charge in [-0.05, 0) is 47.7 Å². The van der Waals surface area contributed by atoms with Crippen LogP contribution in [0.25, 0.3) is 11.2 Å². The van der Waals surface area contributed by atoms with E-state index in [1.54, 1.807) is 54.7 Å². The van der Waals surface area contributed by atoms with Crippen LogP contribution in [0.5, 0.6) is 0 Å². The van der Waals surface area contributed by atoms with Gasteiger partial charge in [-0.2, -0.15) is 9.97 Å². The molecule has 0 aliphatic heterocycles. The molecule has 16 heteroatoms. The molecule has 0 saturated heterocycles. The van der Waals surface area contributed by atoms with Crippen LogP contribution in [0.1, 0.15) is 60.1 Å². The van der Waals surface area contributed by atoms with Crippen molar-refractivity contribution in [3.05, 3.63) is 77.1 Å². The van der Waals surface area contributed by atoms with Crippen LogP contribution in [0.3, 0.4) is 0 Å². The lowest BCUT2D eigenvalue weighted by molar-refractivity contribution is -0.147. The van der Waals surface area contributed by atoms with E-state index < -0.39 is 30.1 Å². The number of aromatic nitrogens is 4. The van der Waals surface area contributed by atoms with Crippen molar-refractivity contribution in [3.63, 3.8) is 0 Å². The van der Waals surface area contributed by atoms with Gasteiger partial charge >= 0.3 is 11.9 Å². The minimum atomic E-state index is -1.20. The van der Waals surface area contributed by atoms with Gasteiger partial charge in [0.05, 0.1) is 18.4 Å². The Balaban J connectivity index is 1.44. The molecule has 0 fully saturated rings. The van der Waals surface area contributed by atoms with Crippen molar-refractivity contribution in [1.29, 1.82) is 0 Å². The van der Waals surface area contributed by atoms with Crippen LogP contribution in [0.2, 0.25) is 0 Å². The summed E-state index contributed by atoms with van der Waals surface area (Å²) in [7, 11) is 0. The van der Waals surface area contributed by atoms with Gasteiger partial charge in [-0.25, -0.2) is 20.2 Å². The zero-order valence-electron chi connectivity index (χ0n) is 26.0. The molecular formula is C31H38N10O6. The largest absolute Gasteiger partial charge is 0.481 e. The van der Waals surface area contributed by atoms with Crippen molar-refractivity contribution in [2.75, 3.05) is 22.9 Å². The number of ether oxygens (including phenoxy) is 1. The van der Waals surface area contributed by atoms with Crippen LogP contribution in [-0.2, 0) is 27.5 Å². The molecule has 0 aliphatic rings. The van der Waals surface area contributed by atoms with Crippen molar-refractivity contribution in [3.8, 4) is 0 Å². The highest BCUT2D eigenvalue weighted by molar-refractivity contribution is 5.97. The fraction of sp³-hybridized carbons (Fsp3) is 0.323. The first-order valence-corrected chi connectivity index (χ1v) is 14.8. The van der Waals surface area contributed by atoms with E-state index in [0.717, 1.165) is 5.69 Å². The number of nitrogens with zero attached hydrogens (tertiary/aromatic N) is 5. The Labute approximate surface area is 270 Å². The molecule has 2 atom stereocenters. The maximum atomic E-state index is 13.2. The third-order valence-electron chi connectivity index (χ3n) is 7.01. The number of nitrogen functional groups attached to an aromatic ring is 2. The zero-order chi connectivity index (χ0) is 34.1. The minimum absolute atomic E-state index is 0.0117. The Morgan fingerprint density at radius 3 is 2.34 bits per heavy atom. The number of hydrogen-bond acceptors (Lipinski definition) is 14. The Morgan fingerprint density at radius 2 is 1.70 bits per heavy atom. The maximum absolute atomic E-state index is 13.2. The van der Waals surface area contributed by atoms with E-state index in [4.69, 9.17) is 22.0 Å². The number of anilines is 3. The molecule has 2 aromatic carbocycles. The molecule has 0 bridgehead atoms. The number of rotatable bonds is 15.